The molecule has 0 unspecified atom stereocenters. The minimum absolute atomic E-state index is 0.0301. The largest absolute Gasteiger partial charge is 0.378 e. The molecule has 3 aromatic rings. The van der Waals surface area contributed by atoms with Gasteiger partial charge in [-0.2, -0.15) is 0 Å². The molecule has 8 nitrogen and oxygen atoms in total. The third-order valence-corrected chi connectivity index (χ3v) is 6.50. The molecule has 1 saturated heterocycles. The Morgan fingerprint density at radius 1 is 1.24 bits per heavy atom. The number of thiazole rings is 1. The molecular weight excluding hydrogens is 408 g/mol. The molecule has 1 aliphatic rings. The van der Waals surface area contributed by atoms with E-state index in [1.54, 1.807) is 23.7 Å². The van der Waals surface area contributed by atoms with E-state index >= 15 is 0 Å². The maximum Gasteiger partial charge on any atom is 0.232 e. The fraction of sp³-hybridized carbons (Fsp3) is 0.368. The van der Waals surface area contributed by atoms with Crippen LogP contribution in [-0.4, -0.2) is 59.0 Å². The number of nitrogens with zero attached hydrogens (tertiary/aromatic N) is 6. The summed E-state index contributed by atoms with van der Waals surface area (Å²) in [6.07, 6.45) is 0. The van der Waals surface area contributed by atoms with Crippen LogP contribution in [0, 0.1) is 0 Å². The Morgan fingerprint density at radius 2 is 2.00 bits per heavy atom. The summed E-state index contributed by atoms with van der Waals surface area (Å²) in [6.45, 7) is 4.50. The summed E-state index contributed by atoms with van der Waals surface area (Å²) in [5, 5.41) is 12.4. The van der Waals surface area contributed by atoms with Crippen LogP contribution in [-0.2, 0) is 15.3 Å². The zero-order chi connectivity index (χ0) is 20.2. The smallest absolute Gasteiger partial charge is 0.232 e. The number of hydrogen-bond acceptors (Lipinski definition) is 8. The molecule has 4 rings (SSSR count). The van der Waals surface area contributed by atoms with E-state index in [2.05, 4.69) is 36.8 Å². The van der Waals surface area contributed by atoms with Gasteiger partial charge in [0.2, 0.25) is 11.9 Å². The molecule has 0 bridgehead atoms. The van der Waals surface area contributed by atoms with Crippen LogP contribution in [0.25, 0.3) is 5.69 Å². The Kier molecular flexibility index (Phi) is 6.12. The Balaban J connectivity index is 1.57. The van der Waals surface area contributed by atoms with E-state index in [9.17, 15) is 4.79 Å². The normalized spacial score (nSPS) is 14.2. The van der Waals surface area contributed by atoms with E-state index < -0.39 is 0 Å². The minimum atomic E-state index is -0.0301. The second-order valence-electron chi connectivity index (χ2n) is 6.54. The van der Waals surface area contributed by atoms with Gasteiger partial charge in [0.1, 0.15) is 0 Å². The molecule has 1 amide bonds. The number of amides is 1. The van der Waals surface area contributed by atoms with Gasteiger partial charge in [-0.05, 0) is 12.1 Å². The number of para-hydroxylation sites is 1. The van der Waals surface area contributed by atoms with Gasteiger partial charge in [-0.15, -0.1) is 21.5 Å². The predicted molar refractivity (Wildman–Crippen MR) is 115 cm³/mol. The van der Waals surface area contributed by atoms with E-state index in [4.69, 9.17) is 4.74 Å². The number of thioether (sulfide) groups is 1. The number of ether oxygens (including phenoxy) is 1. The molecular formula is C19H22N6O2S2. The highest BCUT2D eigenvalue weighted by atomic mass is 32.2. The van der Waals surface area contributed by atoms with Crippen LogP contribution >= 0.6 is 23.1 Å². The van der Waals surface area contributed by atoms with Gasteiger partial charge < -0.3 is 9.64 Å². The van der Waals surface area contributed by atoms with Crippen molar-refractivity contribution in [3.05, 3.63) is 41.4 Å². The molecule has 1 aromatic carbocycles. The highest BCUT2D eigenvalue weighted by Gasteiger charge is 2.22. The molecule has 0 aliphatic carbocycles. The van der Waals surface area contributed by atoms with Crippen molar-refractivity contribution in [1.29, 1.82) is 0 Å². The lowest BCUT2D eigenvalue weighted by Crippen LogP contribution is -2.37. The van der Waals surface area contributed by atoms with Crippen molar-refractivity contribution in [1.82, 2.24) is 19.7 Å². The average molecular weight is 431 g/mol. The highest BCUT2D eigenvalue weighted by Crippen LogP contribution is 2.30. The van der Waals surface area contributed by atoms with Crippen LogP contribution in [0.5, 0.6) is 0 Å². The lowest BCUT2D eigenvalue weighted by atomic mass is 10.3. The first-order chi connectivity index (χ1) is 14.1. The molecule has 152 valence electrons. The average Bonchev–Trinajstić information content (AvgIpc) is 3.40. The van der Waals surface area contributed by atoms with Crippen molar-refractivity contribution in [2.45, 2.75) is 17.8 Å². The topological polar surface area (TPSA) is 76.4 Å². The van der Waals surface area contributed by atoms with Gasteiger partial charge in [0.15, 0.2) is 10.3 Å². The number of anilines is 2. The first-order valence-electron chi connectivity index (χ1n) is 9.28. The number of aromatic nitrogens is 4. The van der Waals surface area contributed by atoms with Gasteiger partial charge in [0.05, 0.1) is 24.6 Å². The molecule has 0 saturated carbocycles. The monoisotopic (exact) mass is 430 g/mol. The van der Waals surface area contributed by atoms with Gasteiger partial charge in [0.25, 0.3) is 0 Å². The lowest BCUT2D eigenvalue weighted by Gasteiger charge is -2.27. The van der Waals surface area contributed by atoms with Crippen LogP contribution in [0.4, 0.5) is 11.1 Å². The van der Waals surface area contributed by atoms with Crippen molar-refractivity contribution in [3.8, 4) is 5.69 Å². The van der Waals surface area contributed by atoms with E-state index in [1.165, 1.54) is 18.3 Å². The first kappa shape index (κ1) is 19.9. The number of carbonyl (C=O) groups excluding carboxylic acids is 1. The second kappa shape index (κ2) is 8.93. The lowest BCUT2D eigenvalue weighted by molar-refractivity contribution is -0.116. The van der Waals surface area contributed by atoms with Crippen LogP contribution in [0.2, 0.25) is 0 Å². The summed E-state index contributed by atoms with van der Waals surface area (Å²) in [5.41, 5.74) is 1.94. The summed E-state index contributed by atoms with van der Waals surface area (Å²) in [7, 11) is 1.73. The Morgan fingerprint density at radius 3 is 2.72 bits per heavy atom. The number of rotatable bonds is 6. The zero-order valence-electron chi connectivity index (χ0n) is 16.3. The fourth-order valence-electron chi connectivity index (χ4n) is 2.92. The summed E-state index contributed by atoms with van der Waals surface area (Å²) >= 11 is 3.05. The van der Waals surface area contributed by atoms with Crippen LogP contribution in [0.15, 0.2) is 40.9 Å². The summed E-state index contributed by atoms with van der Waals surface area (Å²) < 4.78 is 7.57. The molecule has 0 atom stereocenters. The maximum absolute atomic E-state index is 11.5. The number of benzene rings is 1. The maximum atomic E-state index is 11.5. The van der Waals surface area contributed by atoms with Crippen LogP contribution in [0.3, 0.4) is 0 Å². The molecule has 10 heteroatoms. The zero-order valence-corrected chi connectivity index (χ0v) is 17.9. The van der Waals surface area contributed by atoms with E-state index in [0.717, 1.165) is 35.6 Å². The standard InChI is InChI=1S/C19H22N6O2S2/c1-14(26)23(2)18-20-15(12-28-18)13-29-19-22-21-17(24-8-10-27-11-9-24)25(19)16-6-4-3-5-7-16/h3-7,12H,8-11,13H2,1-2H3. The molecule has 0 radical (unpaired) electrons. The van der Waals surface area contributed by atoms with Crippen molar-refractivity contribution in [2.24, 2.45) is 0 Å². The van der Waals surface area contributed by atoms with Crippen LogP contribution in [0.1, 0.15) is 12.6 Å². The van der Waals surface area contributed by atoms with E-state index in [1.807, 2.05) is 23.6 Å². The van der Waals surface area contributed by atoms with E-state index in [0.29, 0.717) is 24.1 Å². The van der Waals surface area contributed by atoms with Gasteiger partial charge in [0, 0.05) is 38.2 Å². The quantitative estimate of drug-likeness (QED) is 0.557. The summed E-state index contributed by atoms with van der Waals surface area (Å²) in [4.78, 5) is 19.9. The molecule has 3 heterocycles. The van der Waals surface area contributed by atoms with Gasteiger partial charge >= 0.3 is 0 Å². The van der Waals surface area contributed by atoms with Crippen LogP contribution < -0.4 is 9.80 Å². The van der Waals surface area contributed by atoms with Gasteiger partial charge in [-0.1, -0.05) is 30.0 Å². The minimum Gasteiger partial charge on any atom is -0.378 e. The first-order valence-corrected chi connectivity index (χ1v) is 11.1. The number of carbonyl (C=O) groups is 1. The van der Waals surface area contributed by atoms with Crippen molar-refractivity contribution >= 4 is 40.1 Å². The molecule has 2 aromatic heterocycles. The van der Waals surface area contributed by atoms with E-state index in [-0.39, 0.29) is 5.91 Å². The summed E-state index contributed by atoms with van der Waals surface area (Å²) in [5.74, 6) is 1.45. The molecule has 1 fully saturated rings. The predicted octanol–water partition coefficient (Wildman–Crippen LogP) is 2.84. The Bertz CT molecular complexity index is 968. The van der Waals surface area contributed by atoms with Gasteiger partial charge in [-0.3, -0.25) is 14.3 Å². The molecule has 29 heavy (non-hydrogen) atoms. The number of morpholine rings is 1. The third kappa shape index (κ3) is 4.44. The molecule has 0 N–H and O–H groups in total. The Hall–Kier alpha value is -2.43. The SMILES string of the molecule is CC(=O)N(C)c1nc(CSc2nnc(N3CCOCC3)n2-c2ccccc2)cs1. The van der Waals surface area contributed by atoms with Crippen molar-refractivity contribution in [3.63, 3.8) is 0 Å². The van der Waals surface area contributed by atoms with Gasteiger partial charge in [-0.25, -0.2) is 4.98 Å². The second-order valence-corrected chi connectivity index (χ2v) is 8.32. The third-order valence-electron chi connectivity index (χ3n) is 4.57. The molecule has 1 aliphatic heterocycles. The molecule has 0 spiro atoms. The Labute approximate surface area is 177 Å². The number of hydrogen-bond donors (Lipinski definition) is 0. The fourth-order valence-corrected chi connectivity index (χ4v) is 4.70. The van der Waals surface area contributed by atoms with Crippen molar-refractivity contribution in [2.75, 3.05) is 43.2 Å². The summed E-state index contributed by atoms with van der Waals surface area (Å²) in [6, 6.07) is 10.1. The highest BCUT2D eigenvalue weighted by molar-refractivity contribution is 7.98. The van der Waals surface area contributed by atoms with Crippen molar-refractivity contribution < 1.29 is 9.53 Å².